The van der Waals surface area contributed by atoms with Gasteiger partial charge in [-0.25, -0.2) is 9.97 Å². The zero-order chi connectivity index (χ0) is 19.9. The molecule has 0 spiro atoms. The highest BCUT2D eigenvalue weighted by molar-refractivity contribution is 6.03. The van der Waals surface area contributed by atoms with E-state index in [1.165, 1.54) is 12.4 Å². The lowest BCUT2D eigenvalue weighted by molar-refractivity contribution is 0.102. The molecule has 7 nitrogen and oxygen atoms in total. The van der Waals surface area contributed by atoms with E-state index in [1.54, 1.807) is 30.5 Å². The lowest BCUT2D eigenvalue weighted by Crippen LogP contribution is -2.13. The normalized spacial score (nSPS) is 10.3. The number of aromatic nitrogens is 2. The number of amides is 1. The number of hydrogen-bond donors (Lipinski definition) is 2. The predicted octanol–water partition coefficient (Wildman–Crippen LogP) is 4.73. The molecule has 0 unspecified atom stereocenters. The zero-order valence-corrected chi connectivity index (χ0v) is 15.4. The molecule has 0 aliphatic carbocycles. The molecule has 0 bridgehead atoms. The van der Waals surface area contributed by atoms with Crippen molar-refractivity contribution in [3.8, 4) is 11.5 Å². The third-order valence-electron chi connectivity index (χ3n) is 4.01. The van der Waals surface area contributed by atoms with Crippen LogP contribution in [0.1, 0.15) is 16.1 Å². The van der Waals surface area contributed by atoms with Crippen LogP contribution >= 0.6 is 0 Å². The summed E-state index contributed by atoms with van der Waals surface area (Å²) in [6.07, 6.45) is 4.55. The topological polar surface area (TPSA) is 89.3 Å². The van der Waals surface area contributed by atoms with E-state index in [1.807, 2.05) is 42.5 Å². The molecule has 2 heterocycles. The van der Waals surface area contributed by atoms with Crippen molar-refractivity contribution in [3.63, 3.8) is 0 Å². The van der Waals surface area contributed by atoms with E-state index in [4.69, 9.17) is 9.15 Å². The summed E-state index contributed by atoms with van der Waals surface area (Å²) in [7, 11) is 0. The van der Waals surface area contributed by atoms with Gasteiger partial charge in [-0.1, -0.05) is 18.2 Å². The smallest absolute Gasteiger partial charge is 0.258 e. The second-order valence-corrected chi connectivity index (χ2v) is 6.12. The van der Waals surface area contributed by atoms with Gasteiger partial charge >= 0.3 is 0 Å². The molecule has 4 aromatic rings. The number of anilines is 2. The molecular weight excluding hydrogens is 368 g/mol. The highest BCUT2D eigenvalue weighted by Gasteiger charge is 2.08. The Labute approximate surface area is 167 Å². The van der Waals surface area contributed by atoms with Crippen molar-refractivity contribution in [3.05, 3.63) is 96.7 Å². The third-order valence-corrected chi connectivity index (χ3v) is 4.01. The number of nitrogens with zero attached hydrogens (tertiary/aromatic N) is 2. The van der Waals surface area contributed by atoms with Gasteiger partial charge in [-0.3, -0.25) is 4.79 Å². The van der Waals surface area contributed by atoms with E-state index in [0.717, 1.165) is 11.5 Å². The number of rotatable bonds is 7. The Bertz CT molecular complexity index is 1050. The monoisotopic (exact) mass is 386 g/mol. The third kappa shape index (κ3) is 4.98. The summed E-state index contributed by atoms with van der Waals surface area (Å²) >= 11 is 0. The maximum Gasteiger partial charge on any atom is 0.258 e. The molecule has 1 amide bonds. The Hall–Kier alpha value is -4.13. The van der Waals surface area contributed by atoms with E-state index in [-0.39, 0.29) is 5.91 Å². The fraction of sp³-hybridized carbons (Fsp3) is 0.0455. The van der Waals surface area contributed by atoms with Crippen molar-refractivity contribution in [2.24, 2.45) is 0 Å². The number of carbonyl (C=O) groups excluding carboxylic acids is 1. The van der Waals surface area contributed by atoms with Gasteiger partial charge in [0.05, 0.1) is 18.4 Å². The van der Waals surface area contributed by atoms with Gasteiger partial charge < -0.3 is 19.8 Å². The molecule has 2 N–H and O–H groups in total. The second kappa shape index (κ2) is 8.71. The Kier molecular flexibility index (Phi) is 5.48. The van der Waals surface area contributed by atoms with Crippen molar-refractivity contribution >= 4 is 17.5 Å². The van der Waals surface area contributed by atoms with Crippen molar-refractivity contribution in [2.45, 2.75) is 6.54 Å². The average molecular weight is 386 g/mol. The number of para-hydroxylation sites is 1. The lowest BCUT2D eigenvalue weighted by Gasteiger charge is -2.08. The van der Waals surface area contributed by atoms with Crippen LogP contribution in [0.3, 0.4) is 0 Å². The molecule has 0 aliphatic rings. The molecule has 4 rings (SSSR count). The summed E-state index contributed by atoms with van der Waals surface area (Å²) in [5, 5.41) is 5.84. The van der Waals surface area contributed by atoms with Crippen LogP contribution in [0.2, 0.25) is 0 Å². The highest BCUT2D eigenvalue weighted by atomic mass is 16.5. The lowest BCUT2D eigenvalue weighted by atomic mass is 10.2. The van der Waals surface area contributed by atoms with Crippen LogP contribution in [-0.4, -0.2) is 15.9 Å². The minimum absolute atomic E-state index is 0.292. The van der Waals surface area contributed by atoms with Crippen molar-refractivity contribution in [1.29, 1.82) is 0 Å². The van der Waals surface area contributed by atoms with Gasteiger partial charge in [-0.2, -0.15) is 0 Å². The first-order valence-electron chi connectivity index (χ1n) is 8.99. The Morgan fingerprint density at radius 2 is 1.62 bits per heavy atom. The first-order chi connectivity index (χ1) is 14.3. The molecule has 0 saturated carbocycles. The maximum atomic E-state index is 12.4. The average Bonchev–Trinajstić information content (AvgIpc) is 3.28. The quantitative estimate of drug-likeness (QED) is 0.477. The minimum atomic E-state index is -0.292. The van der Waals surface area contributed by atoms with Gasteiger partial charge in [-0.05, 0) is 48.5 Å². The molecule has 0 saturated heterocycles. The van der Waals surface area contributed by atoms with Crippen molar-refractivity contribution < 1.29 is 13.9 Å². The first kappa shape index (κ1) is 18.2. The maximum absolute atomic E-state index is 12.4. The van der Waals surface area contributed by atoms with E-state index < -0.39 is 0 Å². The van der Waals surface area contributed by atoms with Crippen LogP contribution in [-0.2, 0) is 6.54 Å². The van der Waals surface area contributed by atoms with Gasteiger partial charge in [0.2, 0.25) is 5.95 Å². The first-order valence-corrected chi connectivity index (χ1v) is 8.99. The van der Waals surface area contributed by atoms with Crippen LogP contribution in [0.5, 0.6) is 11.5 Å². The molecule has 2 aromatic carbocycles. The van der Waals surface area contributed by atoms with Crippen LogP contribution in [0.25, 0.3) is 0 Å². The number of nitrogens with one attached hydrogen (secondary N) is 2. The van der Waals surface area contributed by atoms with Crippen LogP contribution in [0, 0.1) is 0 Å². The predicted molar refractivity (Wildman–Crippen MR) is 109 cm³/mol. The number of hydrogen-bond acceptors (Lipinski definition) is 6. The summed E-state index contributed by atoms with van der Waals surface area (Å²) < 4.78 is 11.0. The van der Waals surface area contributed by atoms with E-state index >= 15 is 0 Å². The van der Waals surface area contributed by atoms with Gasteiger partial charge in [-0.15, -0.1) is 0 Å². The molecule has 2 aromatic heterocycles. The van der Waals surface area contributed by atoms with E-state index in [2.05, 4.69) is 20.6 Å². The summed E-state index contributed by atoms with van der Waals surface area (Å²) in [4.78, 5) is 20.7. The van der Waals surface area contributed by atoms with Gasteiger partial charge in [0.1, 0.15) is 17.3 Å². The summed E-state index contributed by atoms with van der Waals surface area (Å²) in [5.41, 5.74) is 1.01. The van der Waals surface area contributed by atoms with Crippen molar-refractivity contribution in [1.82, 2.24) is 9.97 Å². The van der Waals surface area contributed by atoms with E-state index in [0.29, 0.717) is 29.5 Å². The largest absolute Gasteiger partial charge is 0.467 e. The van der Waals surface area contributed by atoms with Crippen LogP contribution < -0.4 is 15.4 Å². The summed E-state index contributed by atoms with van der Waals surface area (Å²) in [5.74, 6) is 2.33. The molecule has 0 atom stereocenters. The molecule has 0 fully saturated rings. The van der Waals surface area contributed by atoms with E-state index in [9.17, 15) is 4.79 Å². The Balaban J connectivity index is 1.32. The molecule has 29 heavy (non-hydrogen) atoms. The molecule has 0 aliphatic heterocycles. The zero-order valence-electron chi connectivity index (χ0n) is 15.4. The summed E-state index contributed by atoms with van der Waals surface area (Å²) in [6.45, 7) is 0.468. The van der Waals surface area contributed by atoms with Gasteiger partial charge in [0.25, 0.3) is 5.91 Å². The fourth-order valence-electron chi connectivity index (χ4n) is 2.55. The fourth-order valence-corrected chi connectivity index (χ4v) is 2.55. The minimum Gasteiger partial charge on any atom is -0.467 e. The van der Waals surface area contributed by atoms with Gasteiger partial charge in [0, 0.05) is 18.1 Å². The number of benzene rings is 2. The molecular formula is C22H18N4O3. The Morgan fingerprint density at radius 3 is 2.31 bits per heavy atom. The number of ether oxygens (including phenoxy) is 1. The van der Waals surface area contributed by atoms with Crippen LogP contribution in [0.4, 0.5) is 11.6 Å². The van der Waals surface area contributed by atoms with Crippen LogP contribution in [0.15, 0.2) is 89.8 Å². The highest BCUT2D eigenvalue weighted by Crippen LogP contribution is 2.22. The number of carbonyl (C=O) groups is 1. The Morgan fingerprint density at radius 1 is 0.897 bits per heavy atom. The molecule has 7 heteroatoms. The molecule has 144 valence electrons. The SMILES string of the molecule is O=C(Nc1ccc(Oc2ccccc2)cc1)c1cnc(NCc2ccco2)nc1. The standard InChI is InChI=1S/C22H18N4O3/c27-21(16-13-23-22(24-14-16)25-15-20-7-4-12-28-20)26-17-8-10-19(11-9-17)29-18-5-2-1-3-6-18/h1-14H,15H2,(H,26,27)(H,23,24,25). The number of furan rings is 1. The van der Waals surface area contributed by atoms with Crippen molar-refractivity contribution in [2.75, 3.05) is 10.6 Å². The second-order valence-electron chi connectivity index (χ2n) is 6.12. The molecule has 0 radical (unpaired) electrons. The van der Waals surface area contributed by atoms with Gasteiger partial charge in [0.15, 0.2) is 0 Å². The summed E-state index contributed by atoms with van der Waals surface area (Å²) in [6, 6.07) is 20.3.